The van der Waals surface area contributed by atoms with Gasteiger partial charge in [-0.3, -0.25) is 0 Å². The summed E-state index contributed by atoms with van der Waals surface area (Å²) in [4.78, 5) is 13.8. The molecular formula is C13H14FNO3. The van der Waals surface area contributed by atoms with Crippen molar-refractivity contribution in [1.82, 2.24) is 4.98 Å². The van der Waals surface area contributed by atoms with Crippen molar-refractivity contribution >= 4 is 16.9 Å². The molecule has 0 saturated heterocycles. The Balaban J connectivity index is 2.31. The first-order valence-corrected chi connectivity index (χ1v) is 5.72. The lowest BCUT2D eigenvalue weighted by atomic mass is 10.1. The van der Waals surface area contributed by atoms with Gasteiger partial charge in [-0.15, -0.1) is 0 Å². The van der Waals surface area contributed by atoms with Gasteiger partial charge in [0.25, 0.3) is 0 Å². The molecule has 4 nitrogen and oxygen atoms in total. The van der Waals surface area contributed by atoms with Crippen molar-refractivity contribution in [2.75, 3.05) is 6.61 Å². The van der Waals surface area contributed by atoms with E-state index in [1.807, 2.05) is 0 Å². The number of aromatic amines is 1. The van der Waals surface area contributed by atoms with E-state index in [9.17, 15) is 9.18 Å². The van der Waals surface area contributed by atoms with Gasteiger partial charge in [-0.25, -0.2) is 9.18 Å². The number of benzene rings is 1. The third kappa shape index (κ3) is 2.36. The largest absolute Gasteiger partial charge is 0.479 e. The molecule has 0 bridgehead atoms. The molecule has 0 spiro atoms. The molecule has 0 aliphatic heterocycles. The van der Waals surface area contributed by atoms with Gasteiger partial charge in [0.05, 0.1) is 5.52 Å². The lowest BCUT2D eigenvalue weighted by Crippen LogP contribution is -2.26. The van der Waals surface area contributed by atoms with Crippen LogP contribution in [0.5, 0.6) is 0 Å². The average molecular weight is 251 g/mol. The second-order valence-corrected chi connectivity index (χ2v) is 3.96. The number of halogens is 1. The number of fused-ring (bicyclic) bond motifs is 1. The number of carboxylic acids is 1. The summed E-state index contributed by atoms with van der Waals surface area (Å²) < 4.78 is 18.6. The first kappa shape index (κ1) is 12.6. The number of hydrogen-bond acceptors (Lipinski definition) is 2. The number of rotatable bonds is 5. The molecule has 5 heteroatoms. The second-order valence-electron chi connectivity index (χ2n) is 3.96. The molecule has 0 aliphatic carbocycles. The number of nitrogens with one attached hydrogen (secondary N) is 1. The van der Waals surface area contributed by atoms with Crippen LogP contribution in [0, 0.1) is 5.82 Å². The first-order valence-electron chi connectivity index (χ1n) is 5.72. The molecule has 1 aromatic heterocycles. The summed E-state index contributed by atoms with van der Waals surface area (Å²) in [6, 6.07) is 4.72. The second kappa shape index (κ2) is 5.18. The van der Waals surface area contributed by atoms with Crippen LogP contribution in [0.2, 0.25) is 0 Å². The van der Waals surface area contributed by atoms with Gasteiger partial charge >= 0.3 is 5.97 Å². The van der Waals surface area contributed by atoms with Gasteiger partial charge < -0.3 is 14.8 Å². The predicted octanol–water partition coefficient (Wildman–Crippen LogP) is 2.34. The van der Waals surface area contributed by atoms with Crippen LogP contribution in [-0.2, 0) is 16.0 Å². The van der Waals surface area contributed by atoms with Crippen molar-refractivity contribution in [3.05, 3.63) is 35.8 Å². The Kier molecular flexibility index (Phi) is 3.62. The summed E-state index contributed by atoms with van der Waals surface area (Å²) in [5, 5.41) is 9.72. The lowest BCUT2D eigenvalue weighted by Gasteiger charge is -2.11. The highest BCUT2D eigenvalue weighted by molar-refractivity contribution is 5.84. The summed E-state index contributed by atoms with van der Waals surface area (Å²) in [6.45, 7) is 2.07. The fourth-order valence-electron chi connectivity index (χ4n) is 1.96. The average Bonchev–Trinajstić information content (AvgIpc) is 2.73. The quantitative estimate of drug-likeness (QED) is 0.857. The van der Waals surface area contributed by atoms with Crippen LogP contribution < -0.4 is 0 Å². The van der Waals surface area contributed by atoms with E-state index in [4.69, 9.17) is 9.84 Å². The highest BCUT2D eigenvalue weighted by Gasteiger charge is 2.20. The van der Waals surface area contributed by atoms with Crippen molar-refractivity contribution in [3.63, 3.8) is 0 Å². The molecule has 2 aromatic rings. The molecule has 0 radical (unpaired) electrons. The van der Waals surface area contributed by atoms with E-state index in [-0.39, 0.29) is 12.2 Å². The predicted molar refractivity (Wildman–Crippen MR) is 65.0 cm³/mol. The Bertz CT molecular complexity index is 564. The van der Waals surface area contributed by atoms with Crippen molar-refractivity contribution in [1.29, 1.82) is 0 Å². The van der Waals surface area contributed by atoms with E-state index in [1.165, 1.54) is 6.07 Å². The van der Waals surface area contributed by atoms with Crippen molar-refractivity contribution < 1.29 is 19.0 Å². The monoisotopic (exact) mass is 251 g/mol. The van der Waals surface area contributed by atoms with Crippen LogP contribution in [0.3, 0.4) is 0 Å². The molecule has 2 rings (SSSR count). The maximum Gasteiger partial charge on any atom is 0.333 e. The number of aliphatic carboxylic acids is 1. The highest BCUT2D eigenvalue weighted by atomic mass is 19.1. The Labute approximate surface area is 103 Å². The Morgan fingerprint density at radius 2 is 2.33 bits per heavy atom. The van der Waals surface area contributed by atoms with Crippen molar-refractivity contribution in [2.45, 2.75) is 19.4 Å². The van der Waals surface area contributed by atoms with Gasteiger partial charge in [-0.05, 0) is 18.6 Å². The zero-order valence-corrected chi connectivity index (χ0v) is 9.94. The highest BCUT2D eigenvalue weighted by Crippen LogP contribution is 2.22. The van der Waals surface area contributed by atoms with E-state index in [0.29, 0.717) is 17.5 Å². The number of hydrogen-bond donors (Lipinski definition) is 2. The van der Waals surface area contributed by atoms with Gasteiger partial charge in [0.15, 0.2) is 6.10 Å². The fraction of sp³-hybridized carbons (Fsp3) is 0.308. The maximum atomic E-state index is 13.5. The van der Waals surface area contributed by atoms with E-state index >= 15 is 0 Å². The molecule has 2 N–H and O–H groups in total. The number of carbonyl (C=O) groups is 1. The van der Waals surface area contributed by atoms with Gasteiger partial charge in [0, 0.05) is 24.6 Å². The van der Waals surface area contributed by atoms with E-state index in [1.54, 1.807) is 25.3 Å². The van der Waals surface area contributed by atoms with Crippen LogP contribution in [0.25, 0.3) is 10.9 Å². The molecule has 0 aliphatic rings. The lowest BCUT2D eigenvalue weighted by molar-refractivity contribution is -0.149. The number of aromatic nitrogens is 1. The molecule has 0 unspecified atom stereocenters. The minimum Gasteiger partial charge on any atom is -0.479 e. The Morgan fingerprint density at radius 1 is 1.56 bits per heavy atom. The molecule has 0 saturated carbocycles. The molecule has 18 heavy (non-hydrogen) atoms. The molecule has 96 valence electrons. The van der Waals surface area contributed by atoms with Gasteiger partial charge in [0.2, 0.25) is 0 Å². The topological polar surface area (TPSA) is 62.3 Å². The number of ether oxygens (including phenoxy) is 1. The minimum atomic E-state index is -1.01. The minimum absolute atomic E-state index is 0.215. The van der Waals surface area contributed by atoms with Gasteiger partial charge in [0.1, 0.15) is 5.82 Å². The van der Waals surface area contributed by atoms with Crippen LogP contribution in [0.1, 0.15) is 12.5 Å². The van der Waals surface area contributed by atoms with Crippen LogP contribution in [0.15, 0.2) is 24.4 Å². The van der Waals surface area contributed by atoms with Crippen LogP contribution in [-0.4, -0.2) is 28.8 Å². The van der Waals surface area contributed by atoms with E-state index in [2.05, 4.69) is 4.98 Å². The zero-order valence-electron chi connectivity index (χ0n) is 9.94. The number of para-hydroxylation sites is 1. The summed E-state index contributed by atoms with van der Waals surface area (Å²) in [5.41, 5.74) is 1.14. The van der Waals surface area contributed by atoms with Crippen molar-refractivity contribution in [2.24, 2.45) is 0 Å². The smallest absolute Gasteiger partial charge is 0.333 e. The summed E-state index contributed by atoms with van der Waals surface area (Å²) in [7, 11) is 0. The molecule has 1 aromatic carbocycles. The molecular weight excluding hydrogens is 237 g/mol. The molecule has 1 heterocycles. The SMILES string of the molecule is CCO[C@@H](Cc1c[nH]c2c(F)cccc12)C(=O)O. The molecule has 1 atom stereocenters. The first-order chi connectivity index (χ1) is 8.63. The Morgan fingerprint density at radius 3 is 3.00 bits per heavy atom. The van der Waals surface area contributed by atoms with Crippen LogP contribution in [0.4, 0.5) is 4.39 Å². The summed E-state index contributed by atoms with van der Waals surface area (Å²) in [6.07, 6.45) is 0.937. The van der Waals surface area contributed by atoms with E-state index < -0.39 is 12.1 Å². The third-order valence-corrected chi connectivity index (χ3v) is 2.80. The number of H-pyrrole nitrogens is 1. The zero-order chi connectivity index (χ0) is 13.1. The summed E-state index contributed by atoms with van der Waals surface area (Å²) in [5.74, 6) is -1.36. The Hall–Kier alpha value is -1.88. The maximum absolute atomic E-state index is 13.5. The standard InChI is InChI=1S/C13H14FNO3/c1-2-18-11(13(16)17)6-8-7-15-12-9(8)4-3-5-10(12)14/h3-5,7,11,15H,2,6H2,1H3,(H,16,17)/t11-/m0/s1. The molecule has 0 amide bonds. The normalized spacial score (nSPS) is 12.8. The number of carboxylic acid groups (broad SMARTS) is 1. The summed E-state index contributed by atoms with van der Waals surface area (Å²) >= 11 is 0. The fourth-order valence-corrected chi connectivity index (χ4v) is 1.96. The van der Waals surface area contributed by atoms with Gasteiger partial charge in [-0.1, -0.05) is 12.1 Å². The van der Waals surface area contributed by atoms with Crippen LogP contribution >= 0.6 is 0 Å². The third-order valence-electron chi connectivity index (χ3n) is 2.80. The van der Waals surface area contributed by atoms with E-state index in [0.717, 1.165) is 5.56 Å². The van der Waals surface area contributed by atoms with Gasteiger partial charge in [-0.2, -0.15) is 0 Å². The molecule has 0 fully saturated rings. The van der Waals surface area contributed by atoms with Crippen molar-refractivity contribution in [3.8, 4) is 0 Å².